The molecule has 1 amide bonds. The summed E-state index contributed by atoms with van der Waals surface area (Å²) < 4.78 is 6.95. The highest BCUT2D eigenvalue weighted by Crippen LogP contribution is 2.23. The number of aromatic nitrogens is 4. The highest BCUT2D eigenvalue weighted by atomic mass is 32.1. The number of hydrogen-bond donors (Lipinski definition) is 1. The highest BCUT2D eigenvalue weighted by Gasteiger charge is 2.17. The van der Waals surface area contributed by atoms with Crippen molar-refractivity contribution in [1.29, 1.82) is 0 Å². The Balaban J connectivity index is 2.09. The van der Waals surface area contributed by atoms with Gasteiger partial charge < -0.3 is 4.74 Å². The van der Waals surface area contributed by atoms with Crippen LogP contribution in [0, 0.1) is 6.92 Å². The summed E-state index contributed by atoms with van der Waals surface area (Å²) in [5, 5.41) is 16.2. The van der Waals surface area contributed by atoms with Crippen LogP contribution in [-0.4, -0.2) is 33.0 Å². The van der Waals surface area contributed by atoms with Gasteiger partial charge >= 0.3 is 0 Å². The summed E-state index contributed by atoms with van der Waals surface area (Å²) in [5.74, 6) is -0.220. The average Bonchev–Trinajstić information content (AvgIpc) is 3.05. The molecule has 0 fully saturated rings. The number of ether oxygens (including phenoxy) is 1. The van der Waals surface area contributed by atoms with Gasteiger partial charge in [-0.05, 0) is 20.3 Å². The zero-order chi connectivity index (χ0) is 15.4. The molecule has 0 saturated heterocycles. The summed E-state index contributed by atoms with van der Waals surface area (Å²) in [5.41, 5.74) is 1.26. The van der Waals surface area contributed by atoms with Gasteiger partial charge in [-0.3, -0.25) is 14.8 Å². The molecule has 7 nitrogen and oxygen atoms in total. The van der Waals surface area contributed by atoms with Crippen molar-refractivity contribution in [1.82, 2.24) is 20.0 Å². The molecule has 0 radical (unpaired) electrons. The molecule has 2 aromatic rings. The molecule has 0 aliphatic heterocycles. The van der Waals surface area contributed by atoms with E-state index in [-0.39, 0.29) is 12.0 Å². The molecule has 8 heteroatoms. The number of aryl methyl sites for hydroxylation is 2. The second-order valence-corrected chi connectivity index (χ2v) is 5.68. The van der Waals surface area contributed by atoms with Crippen LogP contribution in [0.5, 0.6) is 0 Å². The summed E-state index contributed by atoms with van der Waals surface area (Å²) in [6.45, 7) is 6.56. The van der Waals surface area contributed by atoms with Crippen LogP contribution in [0.2, 0.25) is 0 Å². The Morgan fingerprint density at radius 2 is 2.29 bits per heavy atom. The van der Waals surface area contributed by atoms with Gasteiger partial charge in [-0.25, -0.2) is 0 Å². The molecule has 2 rings (SSSR count). The maximum Gasteiger partial charge on any atom is 0.260 e. The van der Waals surface area contributed by atoms with Crippen molar-refractivity contribution >= 4 is 22.4 Å². The van der Waals surface area contributed by atoms with Gasteiger partial charge in [0.05, 0.1) is 11.3 Å². The van der Waals surface area contributed by atoms with Crippen LogP contribution in [0.25, 0.3) is 0 Å². The van der Waals surface area contributed by atoms with E-state index in [0.29, 0.717) is 16.4 Å². The quantitative estimate of drug-likeness (QED) is 0.886. The highest BCUT2D eigenvalue weighted by molar-refractivity contribution is 7.15. The van der Waals surface area contributed by atoms with Gasteiger partial charge in [0, 0.05) is 19.9 Å². The van der Waals surface area contributed by atoms with Crippen LogP contribution in [0.1, 0.15) is 47.4 Å². The SMILES string of the molecule is CCCn1cc(C(=O)Nc2nnc(C(C)OC)s2)c(C)n1. The number of hydrogen-bond acceptors (Lipinski definition) is 6. The molecule has 0 saturated carbocycles. The van der Waals surface area contributed by atoms with E-state index in [1.165, 1.54) is 11.3 Å². The molecule has 0 aliphatic rings. The lowest BCUT2D eigenvalue weighted by Crippen LogP contribution is -2.12. The van der Waals surface area contributed by atoms with Crippen LogP contribution in [0.15, 0.2) is 6.20 Å². The first kappa shape index (κ1) is 15.6. The monoisotopic (exact) mass is 309 g/mol. The normalized spacial score (nSPS) is 12.4. The molecule has 0 aromatic carbocycles. The number of nitrogens with zero attached hydrogens (tertiary/aromatic N) is 4. The predicted octanol–water partition coefficient (Wildman–Crippen LogP) is 2.41. The van der Waals surface area contributed by atoms with Gasteiger partial charge in [0.15, 0.2) is 0 Å². The Bertz CT molecular complexity index is 622. The molecule has 2 heterocycles. The zero-order valence-corrected chi connectivity index (χ0v) is 13.4. The maximum atomic E-state index is 12.2. The van der Waals surface area contributed by atoms with E-state index in [4.69, 9.17) is 4.74 Å². The molecule has 1 atom stereocenters. The van der Waals surface area contributed by atoms with Gasteiger partial charge in [-0.1, -0.05) is 18.3 Å². The van der Waals surface area contributed by atoms with Crippen molar-refractivity contribution in [2.75, 3.05) is 12.4 Å². The number of methoxy groups -OCH3 is 1. The molecule has 0 aliphatic carbocycles. The maximum absolute atomic E-state index is 12.2. The van der Waals surface area contributed by atoms with Crippen molar-refractivity contribution in [3.8, 4) is 0 Å². The number of nitrogens with one attached hydrogen (secondary N) is 1. The smallest absolute Gasteiger partial charge is 0.260 e. The summed E-state index contributed by atoms with van der Waals surface area (Å²) in [4.78, 5) is 12.2. The fraction of sp³-hybridized carbons (Fsp3) is 0.538. The second-order valence-electron chi connectivity index (χ2n) is 4.67. The molecule has 2 aromatic heterocycles. The van der Waals surface area contributed by atoms with E-state index >= 15 is 0 Å². The first-order valence-electron chi connectivity index (χ1n) is 6.76. The molecule has 1 N–H and O–H groups in total. The fourth-order valence-electron chi connectivity index (χ4n) is 1.80. The molecule has 114 valence electrons. The van der Waals surface area contributed by atoms with Crippen LogP contribution in [0.3, 0.4) is 0 Å². The van der Waals surface area contributed by atoms with E-state index in [1.54, 1.807) is 18.0 Å². The molecule has 21 heavy (non-hydrogen) atoms. The van der Waals surface area contributed by atoms with Crippen molar-refractivity contribution in [3.05, 3.63) is 22.5 Å². The first-order valence-corrected chi connectivity index (χ1v) is 7.58. The minimum atomic E-state index is -0.220. The number of amides is 1. The Labute approximate surface area is 127 Å². The Morgan fingerprint density at radius 3 is 2.95 bits per heavy atom. The van der Waals surface area contributed by atoms with E-state index in [1.807, 2.05) is 13.8 Å². The van der Waals surface area contributed by atoms with E-state index in [9.17, 15) is 4.79 Å². The van der Waals surface area contributed by atoms with Crippen LogP contribution in [0.4, 0.5) is 5.13 Å². The van der Waals surface area contributed by atoms with Crippen molar-refractivity contribution in [2.24, 2.45) is 0 Å². The molecule has 1 unspecified atom stereocenters. The minimum absolute atomic E-state index is 0.137. The Hall–Kier alpha value is -1.80. The molecule has 0 bridgehead atoms. The van der Waals surface area contributed by atoms with Gasteiger partial charge in [-0.2, -0.15) is 5.10 Å². The number of anilines is 1. The van der Waals surface area contributed by atoms with E-state index < -0.39 is 0 Å². The van der Waals surface area contributed by atoms with E-state index in [0.717, 1.165) is 18.0 Å². The summed E-state index contributed by atoms with van der Waals surface area (Å²) >= 11 is 1.31. The van der Waals surface area contributed by atoms with Gasteiger partial charge in [0.25, 0.3) is 5.91 Å². The Morgan fingerprint density at radius 1 is 1.52 bits per heavy atom. The number of carbonyl (C=O) groups excluding carboxylic acids is 1. The third-order valence-electron chi connectivity index (χ3n) is 3.01. The van der Waals surface area contributed by atoms with Crippen LogP contribution < -0.4 is 5.32 Å². The largest absolute Gasteiger partial charge is 0.374 e. The van der Waals surface area contributed by atoms with Crippen molar-refractivity contribution in [3.63, 3.8) is 0 Å². The minimum Gasteiger partial charge on any atom is -0.374 e. The third kappa shape index (κ3) is 3.64. The predicted molar refractivity (Wildman–Crippen MR) is 80.5 cm³/mol. The van der Waals surface area contributed by atoms with Crippen molar-refractivity contribution in [2.45, 2.75) is 39.8 Å². The van der Waals surface area contributed by atoms with Crippen molar-refractivity contribution < 1.29 is 9.53 Å². The van der Waals surface area contributed by atoms with Crippen LogP contribution >= 0.6 is 11.3 Å². The van der Waals surface area contributed by atoms with Crippen LogP contribution in [-0.2, 0) is 11.3 Å². The summed E-state index contributed by atoms with van der Waals surface area (Å²) in [6, 6.07) is 0. The first-order chi connectivity index (χ1) is 10.0. The average molecular weight is 309 g/mol. The summed E-state index contributed by atoms with van der Waals surface area (Å²) in [6.07, 6.45) is 2.59. The second kappa shape index (κ2) is 6.77. The standard InChI is InChI=1S/C13H19N5O2S/c1-5-6-18-7-10(8(2)17-18)11(19)14-13-16-15-12(21-13)9(3)20-4/h7,9H,5-6H2,1-4H3,(H,14,16,19). The summed E-state index contributed by atoms with van der Waals surface area (Å²) in [7, 11) is 1.61. The number of carbonyl (C=O) groups is 1. The van der Waals surface area contributed by atoms with Gasteiger partial charge in [-0.15, -0.1) is 10.2 Å². The van der Waals surface area contributed by atoms with Gasteiger partial charge in [0.2, 0.25) is 5.13 Å². The molecular weight excluding hydrogens is 290 g/mol. The third-order valence-corrected chi connectivity index (χ3v) is 4.01. The Kier molecular flexibility index (Phi) is 5.03. The number of rotatable bonds is 6. The molecule has 0 spiro atoms. The fourth-order valence-corrected chi connectivity index (χ4v) is 2.57. The lowest BCUT2D eigenvalue weighted by molar-refractivity contribution is 0.102. The lowest BCUT2D eigenvalue weighted by atomic mass is 10.2. The lowest BCUT2D eigenvalue weighted by Gasteiger charge is -2.02. The van der Waals surface area contributed by atoms with E-state index in [2.05, 4.69) is 27.5 Å². The topological polar surface area (TPSA) is 81.9 Å². The molecular formula is C13H19N5O2S. The van der Waals surface area contributed by atoms with Gasteiger partial charge in [0.1, 0.15) is 11.1 Å². The zero-order valence-electron chi connectivity index (χ0n) is 12.6.